The third kappa shape index (κ3) is 8.65. The van der Waals surface area contributed by atoms with E-state index in [4.69, 9.17) is 0 Å². The second kappa shape index (κ2) is 12.6. The zero-order chi connectivity index (χ0) is 22.7. The van der Waals surface area contributed by atoms with Crippen molar-refractivity contribution in [1.29, 1.82) is 0 Å². The van der Waals surface area contributed by atoms with Crippen molar-refractivity contribution in [3.05, 3.63) is 42.0 Å². The lowest BCUT2D eigenvalue weighted by atomic mass is 9.82. The normalized spacial score (nSPS) is 13.3. The van der Waals surface area contributed by atoms with Crippen molar-refractivity contribution in [3.8, 4) is 0 Å². The largest absolute Gasteiger partial charge is 0.464 e. The van der Waals surface area contributed by atoms with Crippen LogP contribution in [0.2, 0.25) is 0 Å². The van der Waals surface area contributed by atoms with Crippen molar-refractivity contribution < 1.29 is 24.7 Å². The molecule has 0 radical (unpaired) electrons. The highest BCUT2D eigenvalue weighted by atomic mass is 16.5. The van der Waals surface area contributed by atoms with E-state index in [0.717, 1.165) is 10.6 Å². The van der Waals surface area contributed by atoms with Gasteiger partial charge in [-0.05, 0) is 30.2 Å². The summed E-state index contributed by atoms with van der Waals surface area (Å²) in [4.78, 5) is 36.8. The highest BCUT2D eigenvalue weighted by molar-refractivity contribution is 5.88. The average molecular weight is 420 g/mol. The van der Waals surface area contributed by atoms with Crippen molar-refractivity contribution in [1.82, 2.24) is 15.9 Å². The van der Waals surface area contributed by atoms with Gasteiger partial charge in [-0.2, -0.15) is 0 Å². The molecule has 0 saturated heterocycles. The molecule has 166 valence electrons. The van der Waals surface area contributed by atoms with Crippen LogP contribution in [0.15, 0.2) is 36.4 Å². The predicted octanol–water partition coefficient (Wildman–Crippen LogP) is 3.54. The van der Waals surface area contributed by atoms with Gasteiger partial charge >= 0.3 is 6.09 Å². The Kier molecular flexibility index (Phi) is 10.6. The minimum Gasteiger partial charge on any atom is -0.464 e. The number of carbonyl (C=O) groups excluding carboxylic acids is 2. The Bertz CT molecular complexity index is 719. The van der Waals surface area contributed by atoms with Gasteiger partial charge in [-0.25, -0.2) is 15.3 Å². The molecule has 0 bridgehead atoms. The molecule has 0 saturated carbocycles. The number of hydrogen-bond acceptors (Lipinski definition) is 4. The summed E-state index contributed by atoms with van der Waals surface area (Å²) >= 11 is 0. The molecule has 0 spiro atoms. The highest BCUT2D eigenvalue weighted by Gasteiger charge is 2.34. The van der Waals surface area contributed by atoms with Crippen LogP contribution in [0, 0.1) is 23.7 Å². The smallest absolute Gasteiger partial charge is 0.426 e. The molecule has 0 aliphatic carbocycles. The molecule has 8 heteroatoms. The summed E-state index contributed by atoms with van der Waals surface area (Å²) in [7, 11) is 0. The molecule has 4 N–H and O–H groups in total. The Hall–Kier alpha value is -2.87. The Morgan fingerprint density at radius 3 is 2.13 bits per heavy atom. The summed E-state index contributed by atoms with van der Waals surface area (Å²) < 4.78 is 0. The van der Waals surface area contributed by atoms with Crippen LogP contribution < -0.4 is 10.9 Å². The lowest BCUT2D eigenvalue weighted by Crippen LogP contribution is -2.51. The number of carboxylic acid groups (broad SMARTS) is 1. The van der Waals surface area contributed by atoms with E-state index < -0.39 is 29.7 Å². The van der Waals surface area contributed by atoms with Crippen LogP contribution in [0.4, 0.5) is 4.79 Å². The van der Waals surface area contributed by atoms with Gasteiger partial charge < -0.3 is 5.11 Å². The number of carbonyl (C=O) groups is 3. The third-order valence-electron chi connectivity index (χ3n) is 4.52. The summed E-state index contributed by atoms with van der Waals surface area (Å²) in [5, 5.41) is 19.4. The molecule has 1 aromatic rings. The molecule has 0 fully saturated rings. The van der Waals surface area contributed by atoms with E-state index in [2.05, 4.69) is 5.43 Å². The van der Waals surface area contributed by atoms with Gasteiger partial charge in [0, 0.05) is 6.54 Å². The number of nitrogens with zero attached hydrogens (tertiary/aromatic N) is 1. The molecule has 0 heterocycles. The fourth-order valence-electron chi connectivity index (χ4n) is 3.17. The van der Waals surface area contributed by atoms with E-state index in [1.54, 1.807) is 11.6 Å². The SMILES string of the molecule is CC(C)CC(C(=O)NN(CC(C)C)C(=O)O)[C@@H](C/C=C\c1ccccc1)C(=O)NO. The zero-order valence-corrected chi connectivity index (χ0v) is 18.0. The lowest BCUT2D eigenvalue weighted by molar-refractivity contribution is -0.142. The minimum atomic E-state index is -1.27. The zero-order valence-electron chi connectivity index (χ0n) is 18.0. The molecular weight excluding hydrogens is 386 g/mol. The number of hydrazine groups is 1. The molecule has 1 rings (SSSR count). The molecule has 0 aromatic heterocycles. The molecule has 0 aliphatic heterocycles. The second-order valence-corrected chi connectivity index (χ2v) is 8.13. The van der Waals surface area contributed by atoms with E-state index >= 15 is 0 Å². The van der Waals surface area contributed by atoms with Gasteiger partial charge in [0.25, 0.3) is 0 Å². The third-order valence-corrected chi connectivity index (χ3v) is 4.52. The maximum absolute atomic E-state index is 13.0. The van der Waals surface area contributed by atoms with Gasteiger partial charge in [0.15, 0.2) is 0 Å². The van der Waals surface area contributed by atoms with E-state index in [-0.39, 0.29) is 24.8 Å². The van der Waals surface area contributed by atoms with Gasteiger partial charge in [-0.1, -0.05) is 70.2 Å². The van der Waals surface area contributed by atoms with Crippen LogP contribution in [-0.4, -0.2) is 39.8 Å². The van der Waals surface area contributed by atoms with Crippen LogP contribution in [0.1, 0.15) is 46.1 Å². The van der Waals surface area contributed by atoms with Crippen molar-refractivity contribution in [2.45, 2.75) is 40.5 Å². The quantitative estimate of drug-likeness (QED) is 0.342. The Labute approximate surface area is 177 Å². The van der Waals surface area contributed by atoms with Crippen molar-refractivity contribution >= 4 is 24.0 Å². The Balaban J connectivity index is 3.07. The standard InChI is InChI=1S/C22H33N3O5/c1-15(2)13-19(20(26)23-25(22(28)29)14-16(3)4)18(21(27)24-30)12-8-11-17-9-6-5-7-10-17/h5-11,15-16,18-19,30H,12-14H2,1-4H3,(H,23,26)(H,24,27)(H,28,29)/b11-8-/t18-,19?/m1/s1. The second-order valence-electron chi connectivity index (χ2n) is 8.13. The summed E-state index contributed by atoms with van der Waals surface area (Å²) in [6.07, 6.45) is 2.91. The van der Waals surface area contributed by atoms with E-state index in [1.165, 1.54) is 0 Å². The van der Waals surface area contributed by atoms with Crippen molar-refractivity contribution in [2.75, 3.05) is 6.54 Å². The molecular formula is C22H33N3O5. The number of amides is 3. The monoisotopic (exact) mass is 419 g/mol. The van der Waals surface area contributed by atoms with E-state index in [1.807, 2.05) is 64.1 Å². The van der Waals surface area contributed by atoms with E-state index in [9.17, 15) is 24.7 Å². The number of benzene rings is 1. The molecule has 1 unspecified atom stereocenters. The maximum atomic E-state index is 13.0. The number of rotatable bonds is 10. The number of hydroxylamine groups is 1. The number of allylic oxidation sites excluding steroid dienone is 1. The molecule has 2 atom stereocenters. The predicted molar refractivity (Wildman–Crippen MR) is 114 cm³/mol. The van der Waals surface area contributed by atoms with Gasteiger partial charge in [0.2, 0.25) is 11.8 Å². The van der Waals surface area contributed by atoms with Crippen molar-refractivity contribution in [2.24, 2.45) is 23.7 Å². The number of hydrogen-bond donors (Lipinski definition) is 4. The topological polar surface area (TPSA) is 119 Å². The first kappa shape index (κ1) is 25.2. The lowest BCUT2D eigenvalue weighted by Gasteiger charge is -2.29. The van der Waals surface area contributed by atoms with Gasteiger partial charge in [0.1, 0.15) is 0 Å². The van der Waals surface area contributed by atoms with Crippen molar-refractivity contribution in [3.63, 3.8) is 0 Å². The molecule has 30 heavy (non-hydrogen) atoms. The van der Waals surface area contributed by atoms with Crippen LogP contribution in [0.25, 0.3) is 6.08 Å². The summed E-state index contributed by atoms with van der Waals surface area (Å²) in [5.41, 5.74) is 5.02. The summed E-state index contributed by atoms with van der Waals surface area (Å²) in [5.74, 6) is -2.82. The molecule has 0 aliphatic rings. The van der Waals surface area contributed by atoms with Crippen LogP contribution in [0.5, 0.6) is 0 Å². The number of nitrogens with one attached hydrogen (secondary N) is 2. The average Bonchev–Trinajstić information content (AvgIpc) is 2.68. The summed E-state index contributed by atoms with van der Waals surface area (Å²) in [6.45, 7) is 7.63. The maximum Gasteiger partial charge on any atom is 0.426 e. The molecule has 8 nitrogen and oxygen atoms in total. The fourth-order valence-corrected chi connectivity index (χ4v) is 3.17. The van der Waals surface area contributed by atoms with Crippen LogP contribution >= 0.6 is 0 Å². The van der Waals surface area contributed by atoms with Crippen LogP contribution in [-0.2, 0) is 9.59 Å². The fraction of sp³-hybridized carbons (Fsp3) is 0.500. The Morgan fingerprint density at radius 1 is 1.00 bits per heavy atom. The highest BCUT2D eigenvalue weighted by Crippen LogP contribution is 2.25. The minimum absolute atomic E-state index is 0.00953. The first-order chi connectivity index (χ1) is 14.1. The molecule has 1 aromatic carbocycles. The van der Waals surface area contributed by atoms with E-state index in [0.29, 0.717) is 6.42 Å². The van der Waals surface area contributed by atoms with Gasteiger partial charge in [-0.3, -0.25) is 20.2 Å². The molecule has 3 amide bonds. The summed E-state index contributed by atoms with van der Waals surface area (Å²) in [6, 6.07) is 9.50. The van der Waals surface area contributed by atoms with Gasteiger partial charge in [-0.15, -0.1) is 0 Å². The van der Waals surface area contributed by atoms with Crippen LogP contribution in [0.3, 0.4) is 0 Å². The Morgan fingerprint density at radius 2 is 1.63 bits per heavy atom. The first-order valence-corrected chi connectivity index (χ1v) is 10.1. The first-order valence-electron chi connectivity index (χ1n) is 10.1. The van der Waals surface area contributed by atoms with Gasteiger partial charge in [0.05, 0.1) is 11.8 Å².